The zero-order chi connectivity index (χ0) is 22.3. The van der Waals surface area contributed by atoms with Crippen LogP contribution in [0.1, 0.15) is 28.7 Å². The standard InChI is InChI=1S/C19H23N9O4/c1-2-31-15-6-4-3-5-13(15)11-21-23-19(29)16-14(12-27-7-9-30-10-8-27)22-26-28(16)18-17(20)24-32-25-18/h3-6,11H,2,7-10,12H2,1H3,(H2,20,24)(H,23,29)/b21-11+. The molecular formula is C19H23N9O4. The van der Waals surface area contributed by atoms with Crippen molar-refractivity contribution in [3.63, 3.8) is 0 Å². The van der Waals surface area contributed by atoms with Gasteiger partial charge in [-0.15, -0.1) is 5.10 Å². The molecule has 0 radical (unpaired) electrons. The van der Waals surface area contributed by atoms with E-state index in [1.165, 1.54) is 10.9 Å². The van der Waals surface area contributed by atoms with E-state index < -0.39 is 5.91 Å². The number of carbonyl (C=O) groups excluding carboxylic acids is 1. The molecule has 0 bridgehead atoms. The summed E-state index contributed by atoms with van der Waals surface area (Å²) in [4.78, 5) is 15.2. The van der Waals surface area contributed by atoms with Crippen LogP contribution in [-0.4, -0.2) is 75.2 Å². The van der Waals surface area contributed by atoms with Crippen molar-refractivity contribution in [3.05, 3.63) is 41.2 Å². The van der Waals surface area contributed by atoms with Crippen molar-refractivity contribution in [3.8, 4) is 11.6 Å². The second-order valence-electron chi connectivity index (χ2n) is 6.83. The number of morpholine rings is 1. The van der Waals surface area contributed by atoms with E-state index in [1.807, 2.05) is 31.2 Å². The number of amides is 1. The van der Waals surface area contributed by atoms with Crippen LogP contribution in [0.2, 0.25) is 0 Å². The molecule has 1 aliphatic rings. The summed E-state index contributed by atoms with van der Waals surface area (Å²) in [6.45, 7) is 5.46. The smallest absolute Gasteiger partial charge is 0.292 e. The minimum atomic E-state index is -0.536. The van der Waals surface area contributed by atoms with Gasteiger partial charge in [0.25, 0.3) is 5.91 Å². The van der Waals surface area contributed by atoms with Gasteiger partial charge in [0.2, 0.25) is 11.6 Å². The number of ether oxygens (including phenoxy) is 2. The fourth-order valence-corrected chi connectivity index (χ4v) is 3.19. The van der Waals surface area contributed by atoms with Gasteiger partial charge in [-0.05, 0) is 29.4 Å². The van der Waals surface area contributed by atoms with Gasteiger partial charge in [0.05, 0.1) is 26.0 Å². The summed E-state index contributed by atoms with van der Waals surface area (Å²) in [5.74, 6) is 0.178. The van der Waals surface area contributed by atoms with E-state index in [1.54, 1.807) is 0 Å². The maximum absolute atomic E-state index is 13.1. The molecule has 0 saturated carbocycles. The predicted molar refractivity (Wildman–Crippen MR) is 112 cm³/mol. The third-order valence-electron chi connectivity index (χ3n) is 4.72. The van der Waals surface area contributed by atoms with Gasteiger partial charge in [-0.25, -0.2) is 10.1 Å². The van der Waals surface area contributed by atoms with Gasteiger partial charge in [0, 0.05) is 25.2 Å². The molecule has 0 unspecified atom stereocenters. The Morgan fingerprint density at radius 2 is 2.12 bits per heavy atom. The molecule has 168 valence electrons. The van der Waals surface area contributed by atoms with E-state index in [0.717, 1.165) is 5.56 Å². The van der Waals surface area contributed by atoms with Gasteiger partial charge < -0.3 is 15.2 Å². The lowest BCUT2D eigenvalue weighted by molar-refractivity contribution is 0.0335. The fourth-order valence-electron chi connectivity index (χ4n) is 3.19. The van der Waals surface area contributed by atoms with Gasteiger partial charge in [-0.1, -0.05) is 17.3 Å². The number of nitrogen functional groups attached to an aromatic ring is 1. The van der Waals surface area contributed by atoms with Crippen LogP contribution in [-0.2, 0) is 11.3 Å². The number of benzene rings is 1. The molecule has 1 fully saturated rings. The number of nitrogens with two attached hydrogens (primary N) is 1. The summed E-state index contributed by atoms with van der Waals surface area (Å²) in [5, 5.41) is 19.6. The Labute approximate surface area is 183 Å². The number of carbonyl (C=O) groups is 1. The minimum absolute atomic E-state index is 0.0176. The van der Waals surface area contributed by atoms with Gasteiger partial charge in [-0.2, -0.15) is 9.78 Å². The van der Waals surface area contributed by atoms with Gasteiger partial charge in [0.1, 0.15) is 11.4 Å². The zero-order valence-electron chi connectivity index (χ0n) is 17.5. The van der Waals surface area contributed by atoms with Crippen molar-refractivity contribution in [2.45, 2.75) is 13.5 Å². The van der Waals surface area contributed by atoms with E-state index >= 15 is 0 Å². The van der Waals surface area contributed by atoms with Crippen LogP contribution in [0.15, 0.2) is 34.0 Å². The maximum Gasteiger partial charge on any atom is 0.292 e. The number of hydrazone groups is 1. The van der Waals surface area contributed by atoms with Crippen LogP contribution in [0, 0.1) is 0 Å². The molecule has 3 N–H and O–H groups in total. The lowest BCUT2D eigenvalue weighted by Gasteiger charge is -2.25. The third kappa shape index (κ3) is 4.73. The number of anilines is 1. The van der Waals surface area contributed by atoms with Crippen LogP contribution < -0.4 is 15.9 Å². The van der Waals surface area contributed by atoms with E-state index in [0.29, 0.717) is 50.9 Å². The minimum Gasteiger partial charge on any atom is -0.493 e. The highest BCUT2D eigenvalue weighted by molar-refractivity contribution is 5.95. The number of hydrogen-bond acceptors (Lipinski definition) is 11. The Hall–Kier alpha value is -3.84. The first kappa shape index (κ1) is 21.4. The molecule has 1 aromatic carbocycles. The highest BCUT2D eigenvalue weighted by Gasteiger charge is 2.26. The average molecular weight is 441 g/mol. The Bertz CT molecular complexity index is 1090. The number of para-hydroxylation sites is 1. The normalized spacial score (nSPS) is 14.7. The van der Waals surface area contributed by atoms with E-state index in [9.17, 15) is 4.79 Å². The van der Waals surface area contributed by atoms with Crippen LogP contribution in [0.4, 0.5) is 5.82 Å². The quantitative estimate of drug-likeness (QED) is 0.366. The second kappa shape index (κ2) is 9.98. The number of nitrogens with one attached hydrogen (secondary N) is 1. The highest BCUT2D eigenvalue weighted by atomic mass is 16.6. The first-order valence-electron chi connectivity index (χ1n) is 10.1. The monoisotopic (exact) mass is 441 g/mol. The van der Waals surface area contributed by atoms with E-state index in [-0.39, 0.29) is 17.3 Å². The van der Waals surface area contributed by atoms with Crippen molar-refractivity contribution in [1.82, 2.24) is 35.6 Å². The number of rotatable bonds is 8. The molecule has 3 aromatic rings. The molecule has 1 aliphatic heterocycles. The molecule has 32 heavy (non-hydrogen) atoms. The van der Waals surface area contributed by atoms with Gasteiger partial charge >= 0.3 is 0 Å². The van der Waals surface area contributed by atoms with Crippen molar-refractivity contribution in [1.29, 1.82) is 0 Å². The molecular weight excluding hydrogens is 418 g/mol. The highest BCUT2D eigenvalue weighted by Crippen LogP contribution is 2.18. The summed E-state index contributed by atoms with van der Waals surface area (Å²) in [5.41, 5.74) is 9.61. The lowest BCUT2D eigenvalue weighted by Crippen LogP contribution is -2.36. The van der Waals surface area contributed by atoms with Crippen LogP contribution >= 0.6 is 0 Å². The Morgan fingerprint density at radius 3 is 2.88 bits per heavy atom. The van der Waals surface area contributed by atoms with Crippen molar-refractivity contribution < 1.29 is 18.9 Å². The molecule has 2 aromatic heterocycles. The Balaban J connectivity index is 1.58. The predicted octanol–water partition coefficient (Wildman–Crippen LogP) is 0.227. The molecule has 1 saturated heterocycles. The molecule has 1 amide bonds. The first-order valence-corrected chi connectivity index (χ1v) is 10.1. The summed E-state index contributed by atoms with van der Waals surface area (Å²) >= 11 is 0. The van der Waals surface area contributed by atoms with E-state index in [2.05, 4.69) is 40.7 Å². The molecule has 0 spiro atoms. The summed E-state index contributed by atoms with van der Waals surface area (Å²) in [6, 6.07) is 7.37. The summed E-state index contributed by atoms with van der Waals surface area (Å²) in [6.07, 6.45) is 1.50. The van der Waals surface area contributed by atoms with E-state index in [4.69, 9.17) is 15.2 Å². The molecule has 0 atom stereocenters. The van der Waals surface area contributed by atoms with Crippen LogP contribution in [0.25, 0.3) is 5.82 Å². The molecule has 4 rings (SSSR count). The van der Waals surface area contributed by atoms with Gasteiger partial charge in [0.15, 0.2) is 5.69 Å². The van der Waals surface area contributed by atoms with Crippen LogP contribution in [0.3, 0.4) is 0 Å². The van der Waals surface area contributed by atoms with Gasteiger partial charge in [-0.3, -0.25) is 9.69 Å². The zero-order valence-corrected chi connectivity index (χ0v) is 17.5. The largest absolute Gasteiger partial charge is 0.493 e. The third-order valence-corrected chi connectivity index (χ3v) is 4.72. The summed E-state index contributed by atoms with van der Waals surface area (Å²) in [7, 11) is 0. The number of aromatic nitrogens is 5. The first-order chi connectivity index (χ1) is 15.7. The van der Waals surface area contributed by atoms with Crippen LogP contribution in [0.5, 0.6) is 5.75 Å². The Morgan fingerprint density at radius 1 is 1.31 bits per heavy atom. The number of nitrogens with zero attached hydrogens (tertiary/aromatic N) is 7. The number of hydrogen-bond donors (Lipinski definition) is 2. The van der Waals surface area contributed by atoms with Crippen molar-refractivity contribution >= 4 is 17.9 Å². The maximum atomic E-state index is 13.1. The SMILES string of the molecule is CCOc1ccccc1/C=N/NC(=O)c1c(CN2CCOCC2)nnn1-c1nonc1N. The average Bonchev–Trinajstić information content (AvgIpc) is 3.41. The Kier molecular flexibility index (Phi) is 6.67. The van der Waals surface area contributed by atoms with Crippen molar-refractivity contribution in [2.75, 3.05) is 38.6 Å². The molecule has 13 heteroatoms. The topological polar surface area (TPSA) is 159 Å². The fraction of sp³-hybridized carbons (Fsp3) is 0.368. The molecule has 13 nitrogen and oxygen atoms in total. The molecule has 3 heterocycles. The second-order valence-corrected chi connectivity index (χ2v) is 6.83. The molecule has 0 aliphatic carbocycles. The summed E-state index contributed by atoms with van der Waals surface area (Å²) < 4.78 is 16.8. The van der Waals surface area contributed by atoms with Crippen molar-refractivity contribution in [2.24, 2.45) is 5.10 Å². The lowest BCUT2D eigenvalue weighted by atomic mass is 10.2.